The highest BCUT2D eigenvalue weighted by Gasteiger charge is 2.13. The summed E-state index contributed by atoms with van der Waals surface area (Å²) in [6.07, 6.45) is 0. The second-order valence-electron chi connectivity index (χ2n) is 3.02. The van der Waals surface area contributed by atoms with E-state index in [0.717, 1.165) is 0 Å². The maximum Gasteiger partial charge on any atom is 0.265 e. The molecule has 0 bridgehead atoms. The highest BCUT2D eigenvalue weighted by molar-refractivity contribution is 5.56. The number of nitro groups is 1. The van der Waals surface area contributed by atoms with E-state index in [2.05, 4.69) is 0 Å². The predicted octanol–water partition coefficient (Wildman–Crippen LogP) is -0.630. The molecule has 6 heteroatoms. The van der Waals surface area contributed by atoms with E-state index in [4.69, 9.17) is 4.74 Å². The molecule has 1 aromatic rings. The van der Waals surface area contributed by atoms with Gasteiger partial charge in [-0.2, -0.15) is 0 Å². The highest BCUT2D eigenvalue weighted by Crippen LogP contribution is 2.34. The lowest BCUT2D eigenvalue weighted by molar-refractivity contribution is -0.643. The summed E-state index contributed by atoms with van der Waals surface area (Å²) < 4.78 is 4.79. The van der Waals surface area contributed by atoms with E-state index in [-0.39, 0.29) is 5.75 Å². The van der Waals surface area contributed by atoms with Gasteiger partial charge in [-0.15, -0.1) is 0 Å². The largest absolute Gasteiger partial charge is 0.865 e. The number of nitrogens with two attached hydrogens (primary N) is 1. The number of nitro benzene ring substituents is 1. The number of ether oxygens (including phenoxy) is 1. The number of hydrogen-bond donors (Lipinski definition) is 1. The van der Waals surface area contributed by atoms with Crippen LogP contribution in [0.1, 0.15) is 5.56 Å². The molecule has 15 heavy (non-hydrogen) atoms. The molecule has 0 saturated carbocycles. The van der Waals surface area contributed by atoms with Gasteiger partial charge in [0.05, 0.1) is 19.1 Å². The molecular weight excluding hydrogens is 200 g/mol. The molecule has 0 spiro atoms. The van der Waals surface area contributed by atoms with Gasteiger partial charge in [-0.1, -0.05) is 0 Å². The monoisotopic (exact) mass is 212 g/mol. The summed E-state index contributed by atoms with van der Waals surface area (Å²) in [5.41, 5.74) is 0.256. The van der Waals surface area contributed by atoms with Crippen molar-refractivity contribution >= 4 is 5.69 Å². The topological polar surface area (TPSA) is 92.0 Å². The number of hydrogen-bond acceptors (Lipinski definition) is 4. The molecule has 0 heterocycles. The van der Waals surface area contributed by atoms with Gasteiger partial charge in [0.15, 0.2) is 0 Å². The fourth-order valence-electron chi connectivity index (χ4n) is 1.28. The van der Waals surface area contributed by atoms with E-state index in [0.29, 0.717) is 12.1 Å². The lowest BCUT2D eigenvalue weighted by atomic mass is 10.1. The quantitative estimate of drug-likeness (QED) is 0.531. The molecule has 0 saturated heterocycles. The predicted molar refractivity (Wildman–Crippen MR) is 50.6 cm³/mol. The van der Waals surface area contributed by atoms with Gasteiger partial charge in [0.2, 0.25) is 0 Å². The molecular formula is C9H12N2O4. The number of nitrogens with zero attached hydrogens (tertiary/aromatic N) is 1. The van der Waals surface area contributed by atoms with Crippen molar-refractivity contribution in [2.45, 2.75) is 6.54 Å². The fourth-order valence-corrected chi connectivity index (χ4v) is 1.28. The van der Waals surface area contributed by atoms with Crippen molar-refractivity contribution in [1.82, 2.24) is 0 Å². The van der Waals surface area contributed by atoms with E-state index in [1.807, 2.05) is 12.4 Å². The lowest BCUT2D eigenvalue weighted by Crippen LogP contribution is -2.77. The van der Waals surface area contributed by atoms with Crippen LogP contribution in [0.4, 0.5) is 5.69 Å². The molecule has 0 aliphatic heterocycles. The van der Waals surface area contributed by atoms with Crippen molar-refractivity contribution < 1.29 is 20.1 Å². The van der Waals surface area contributed by atoms with Gasteiger partial charge in [-0.25, -0.2) is 0 Å². The van der Waals surface area contributed by atoms with Crippen LogP contribution in [0.3, 0.4) is 0 Å². The van der Waals surface area contributed by atoms with Crippen LogP contribution in [-0.2, 0) is 6.54 Å². The van der Waals surface area contributed by atoms with Gasteiger partial charge in [-0.05, 0) is 6.07 Å². The smallest absolute Gasteiger partial charge is 0.265 e. The minimum Gasteiger partial charge on any atom is -0.865 e. The van der Waals surface area contributed by atoms with Crippen molar-refractivity contribution in [3.63, 3.8) is 0 Å². The Morgan fingerprint density at radius 2 is 2.20 bits per heavy atom. The van der Waals surface area contributed by atoms with Crippen LogP contribution in [0.2, 0.25) is 0 Å². The van der Waals surface area contributed by atoms with Crippen LogP contribution in [0, 0.1) is 10.1 Å². The maximum atomic E-state index is 11.4. The molecule has 1 rings (SSSR count). The van der Waals surface area contributed by atoms with Crippen molar-refractivity contribution in [3.8, 4) is 11.5 Å². The number of rotatable bonds is 4. The zero-order valence-corrected chi connectivity index (χ0v) is 8.52. The first-order valence-corrected chi connectivity index (χ1v) is 4.40. The van der Waals surface area contributed by atoms with E-state index in [9.17, 15) is 15.2 Å². The Balaban J connectivity index is 3.25. The standard InChI is InChI=1S/C9H12N2O4/c1-10-5-6-3-7(11(13)14)9(12)8(4-6)15-2/h3-4,10,12H,5H2,1-2H3. The molecule has 0 unspecified atom stereocenters. The van der Waals surface area contributed by atoms with Crippen molar-refractivity contribution in [2.75, 3.05) is 14.2 Å². The Labute approximate surface area is 86.6 Å². The lowest BCUT2D eigenvalue weighted by Gasteiger charge is -2.13. The average Bonchev–Trinajstić information content (AvgIpc) is 2.20. The Morgan fingerprint density at radius 1 is 1.53 bits per heavy atom. The summed E-state index contributed by atoms with van der Waals surface area (Å²) in [5.74, 6) is -0.664. The van der Waals surface area contributed by atoms with Gasteiger partial charge in [0, 0.05) is 17.4 Å². The summed E-state index contributed by atoms with van der Waals surface area (Å²) >= 11 is 0. The Hall–Kier alpha value is -1.82. The number of benzene rings is 1. The fraction of sp³-hybridized carbons (Fsp3) is 0.333. The second-order valence-corrected chi connectivity index (χ2v) is 3.02. The molecule has 0 radical (unpaired) electrons. The minimum atomic E-state index is -0.690. The van der Waals surface area contributed by atoms with E-state index < -0.39 is 16.4 Å². The first kappa shape index (κ1) is 11.3. The first-order chi connectivity index (χ1) is 7.10. The second kappa shape index (κ2) is 4.61. The van der Waals surface area contributed by atoms with Gasteiger partial charge >= 0.3 is 0 Å². The first-order valence-electron chi connectivity index (χ1n) is 4.40. The maximum absolute atomic E-state index is 11.4. The van der Waals surface area contributed by atoms with Crippen LogP contribution < -0.4 is 15.2 Å². The highest BCUT2D eigenvalue weighted by atomic mass is 16.6. The average molecular weight is 212 g/mol. The summed E-state index contributed by atoms with van der Waals surface area (Å²) in [4.78, 5) is 9.90. The molecule has 0 aliphatic rings. The van der Waals surface area contributed by atoms with Crippen LogP contribution >= 0.6 is 0 Å². The molecule has 0 amide bonds. The van der Waals surface area contributed by atoms with Crippen LogP contribution in [0.15, 0.2) is 12.1 Å². The summed E-state index contributed by atoms with van der Waals surface area (Å²) in [6.45, 7) is 0.567. The van der Waals surface area contributed by atoms with Crippen LogP contribution in [0.25, 0.3) is 0 Å². The van der Waals surface area contributed by atoms with Crippen molar-refractivity contribution in [2.24, 2.45) is 0 Å². The molecule has 2 N–H and O–H groups in total. The number of quaternary nitrogens is 1. The Morgan fingerprint density at radius 3 is 2.67 bits per heavy atom. The molecule has 0 aromatic heterocycles. The van der Waals surface area contributed by atoms with Gasteiger partial charge < -0.3 is 15.2 Å². The van der Waals surface area contributed by atoms with Gasteiger partial charge in [-0.3, -0.25) is 10.1 Å². The van der Waals surface area contributed by atoms with E-state index in [1.54, 1.807) is 0 Å². The molecule has 82 valence electrons. The zero-order valence-electron chi connectivity index (χ0n) is 8.52. The third-order valence-corrected chi connectivity index (χ3v) is 1.95. The van der Waals surface area contributed by atoms with Gasteiger partial charge in [0.1, 0.15) is 12.3 Å². The minimum absolute atomic E-state index is 0.0149. The van der Waals surface area contributed by atoms with E-state index >= 15 is 0 Å². The Kier molecular flexibility index (Phi) is 3.46. The summed E-state index contributed by atoms with van der Waals surface area (Å²) in [7, 11) is 3.16. The normalized spacial score (nSPS) is 10.0. The molecule has 0 atom stereocenters. The third kappa shape index (κ3) is 2.35. The summed E-state index contributed by atoms with van der Waals surface area (Å²) in [6, 6.07) is 2.81. The molecule has 0 fully saturated rings. The van der Waals surface area contributed by atoms with E-state index in [1.165, 1.54) is 19.2 Å². The van der Waals surface area contributed by atoms with Crippen molar-refractivity contribution in [3.05, 3.63) is 27.8 Å². The molecule has 0 aliphatic carbocycles. The Bertz CT molecular complexity index is 379. The number of methoxy groups -OCH3 is 1. The van der Waals surface area contributed by atoms with Crippen molar-refractivity contribution in [1.29, 1.82) is 0 Å². The molecule has 6 nitrogen and oxygen atoms in total. The van der Waals surface area contributed by atoms with Crippen LogP contribution in [-0.4, -0.2) is 19.1 Å². The molecule has 1 aromatic carbocycles. The van der Waals surface area contributed by atoms with Crippen LogP contribution in [0.5, 0.6) is 11.5 Å². The zero-order chi connectivity index (χ0) is 11.4. The third-order valence-electron chi connectivity index (χ3n) is 1.95. The summed E-state index contributed by atoms with van der Waals surface area (Å²) in [5, 5.41) is 23.9. The SMILES string of the molecule is C[NH2+]Cc1cc(OC)c([O-])c([N+](=O)[O-])c1. The van der Waals surface area contributed by atoms with Gasteiger partial charge in [0.25, 0.3) is 5.69 Å².